The van der Waals surface area contributed by atoms with Crippen LogP contribution in [0.5, 0.6) is 5.75 Å². The van der Waals surface area contributed by atoms with Gasteiger partial charge in [0.05, 0.1) is 18.4 Å². The van der Waals surface area contributed by atoms with Crippen molar-refractivity contribution in [2.45, 2.75) is 23.1 Å². The summed E-state index contributed by atoms with van der Waals surface area (Å²) in [6, 6.07) is 7.68. The topological polar surface area (TPSA) is 59.1 Å². The van der Waals surface area contributed by atoms with Gasteiger partial charge in [0.1, 0.15) is 12.4 Å². The standard InChI is InChI=1S/C16H20N2O4S/c1-11(23-14-5-3-13(21-2)4-6-14)15(19)17-7-8-18-12(9-17)10-22-16(18)20/h3-6,11-12H,7-10H2,1-2H3/t11-,12+/m0/s1. The van der Waals surface area contributed by atoms with Crippen LogP contribution in [0, 0.1) is 0 Å². The second-order valence-electron chi connectivity index (χ2n) is 5.64. The Labute approximate surface area is 139 Å². The summed E-state index contributed by atoms with van der Waals surface area (Å²) in [5, 5.41) is -0.173. The second kappa shape index (κ2) is 6.70. The first-order valence-corrected chi connectivity index (χ1v) is 8.49. The van der Waals surface area contributed by atoms with Gasteiger partial charge < -0.3 is 14.4 Å². The van der Waals surface area contributed by atoms with Gasteiger partial charge >= 0.3 is 6.09 Å². The number of amides is 2. The Balaban J connectivity index is 1.57. The largest absolute Gasteiger partial charge is 0.497 e. The predicted octanol–water partition coefficient (Wildman–Crippen LogP) is 1.84. The molecule has 1 aromatic carbocycles. The molecular formula is C16H20N2O4S. The minimum absolute atomic E-state index is 0.00149. The molecule has 2 fully saturated rings. The maximum atomic E-state index is 12.6. The zero-order valence-corrected chi connectivity index (χ0v) is 14.0. The van der Waals surface area contributed by atoms with E-state index in [2.05, 4.69) is 0 Å². The molecule has 2 heterocycles. The van der Waals surface area contributed by atoms with Gasteiger partial charge in [0.25, 0.3) is 0 Å². The number of carbonyl (C=O) groups is 2. The molecule has 3 rings (SSSR count). The molecule has 0 spiro atoms. The highest BCUT2D eigenvalue weighted by atomic mass is 32.2. The highest BCUT2D eigenvalue weighted by Crippen LogP contribution is 2.27. The van der Waals surface area contributed by atoms with Crippen molar-refractivity contribution in [1.82, 2.24) is 9.80 Å². The molecular weight excluding hydrogens is 316 g/mol. The Morgan fingerprint density at radius 1 is 1.35 bits per heavy atom. The first kappa shape index (κ1) is 16.0. The summed E-state index contributed by atoms with van der Waals surface area (Å²) >= 11 is 1.53. The Hall–Kier alpha value is -1.89. The lowest BCUT2D eigenvalue weighted by atomic mass is 10.2. The molecule has 2 atom stereocenters. The van der Waals surface area contributed by atoms with Crippen LogP contribution >= 0.6 is 11.8 Å². The Kier molecular flexibility index (Phi) is 4.66. The lowest BCUT2D eigenvalue weighted by Crippen LogP contribution is -2.55. The van der Waals surface area contributed by atoms with Crippen molar-refractivity contribution in [2.24, 2.45) is 0 Å². The van der Waals surface area contributed by atoms with E-state index < -0.39 is 0 Å². The van der Waals surface area contributed by atoms with E-state index in [-0.39, 0.29) is 23.3 Å². The molecule has 124 valence electrons. The fraction of sp³-hybridized carbons (Fsp3) is 0.500. The minimum Gasteiger partial charge on any atom is -0.497 e. The van der Waals surface area contributed by atoms with Gasteiger partial charge in [0, 0.05) is 24.5 Å². The van der Waals surface area contributed by atoms with E-state index in [0.717, 1.165) is 10.6 Å². The Morgan fingerprint density at radius 3 is 2.78 bits per heavy atom. The summed E-state index contributed by atoms with van der Waals surface area (Å²) in [6.45, 7) is 3.97. The molecule has 0 aromatic heterocycles. The summed E-state index contributed by atoms with van der Waals surface area (Å²) in [7, 11) is 1.63. The average Bonchev–Trinajstić information content (AvgIpc) is 2.95. The van der Waals surface area contributed by atoms with Crippen molar-refractivity contribution in [3.63, 3.8) is 0 Å². The normalized spacial score (nSPS) is 21.7. The van der Waals surface area contributed by atoms with E-state index in [1.807, 2.05) is 36.1 Å². The second-order valence-corrected chi connectivity index (χ2v) is 7.06. The van der Waals surface area contributed by atoms with Crippen molar-refractivity contribution in [3.8, 4) is 5.75 Å². The first-order chi connectivity index (χ1) is 11.1. The number of piperazine rings is 1. The molecule has 0 saturated carbocycles. The Bertz CT molecular complexity index is 592. The molecule has 6 nitrogen and oxygen atoms in total. The number of rotatable bonds is 4. The zero-order valence-electron chi connectivity index (χ0n) is 13.2. The van der Waals surface area contributed by atoms with E-state index in [4.69, 9.17) is 9.47 Å². The number of methoxy groups -OCH3 is 1. The van der Waals surface area contributed by atoms with Gasteiger partial charge in [-0.25, -0.2) is 4.79 Å². The molecule has 0 unspecified atom stereocenters. The SMILES string of the molecule is COc1ccc(S[C@@H](C)C(=O)N2CCN3C(=O)OC[C@H]3C2)cc1. The highest BCUT2D eigenvalue weighted by Gasteiger charge is 2.39. The number of fused-ring (bicyclic) bond motifs is 1. The summed E-state index contributed by atoms with van der Waals surface area (Å²) in [4.78, 5) is 28.7. The molecule has 2 aliphatic rings. The van der Waals surface area contributed by atoms with Gasteiger partial charge in [0.2, 0.25) is 5.91 Å². The smallest absolute Gasteiger partial charge is 0.410 e. The molecule has 2 aliphatic heterocycles. The number of ether oxygens (including phenoxy) is 2. The van der Waals surface area contributed by atoms with Gasteiger partial charge in [-0.1, -0.05) is 0 Å². The van der Waals surface area contributed by atoms with Crippen LogP contribution in [-0.4, -0.2) is 66.4 Å². The molecule has 0 N–H and O–H groups in total. The summed E-state index contributed by atoms with van der Waals surface area (Å²) in [6.07, 6.45) is -0.261. The number of hydrogen-bond donors (Lipinski definition) is 0. The van der Waals surface area contributed by atoms with Crippen molar-refractivity contribution in [1.29, 1.82) is 0 Å². The predicted molar refractivity (Wildman–Crippen MR) is 86.7 cm³/mol. The lowest BCUT2D eigenvalue weighted by molar-refractivity contribution is -0.132. The molecule has 1 aromatic rings. The summed E-state index contributed by atoms with van der Waals surface area (Å²) in [5.74, 6) is 0.903. The third-order valence-corrected chi connectivity index (χ3v) is 5.25. The van der Waals surface area contributed by atoms with Crippen LogP contribution in [0.15, 0.2) is 29.2 Å². The van der Waals surface area contributed by atoms with Crippen LogP contribution < -0.4 is 4.74 Å². The van der Waals surface area contributed by atoms with E-state index in [0.29, 0.717) is 26.2 Å². The molecule has 2 saturated heterocycles. The summed E-state index contributed by atoms with van der Waals surface area (Å²) in [5.41, 5.74) is 0. The summed E-state index contributed by atoms with van der Waals surface area (Å²) < 4.78 is 10.2. The van der Waals surface area contributed by atoms with Crippen molar-refractivity contribution < 1.29 is 19.1 Å². The van der Waals surface area contributed by atoms with Crippen LogP contribution in [0.4, 0.5) is 4.79 Å². The average molecular weight is 336 g/mol. The minimum atomic E-state index is -0.261. The van der Waals surface area contributed by atoms with Gasteiger partial charge in [-0.05, 0) is 31.2 Å². The van der Waals surface area contributed by atoms with E-state index >= 15 is 0 Å². The quantitative estimate of drug-likeness (QED) is 0.785. The third-order valence-electron chi connectivity index (χ3n) is 4.15. The van der Waals surface area contributed by atoms with Gasteiger partial charge in [0.15, 0.2) is 0 Å². The van der Waals surface area contributed by atoms with Crippen LogP contribution in [0.2, 0.25) is 0 Å². The van der Waals surface area contributed by atoms with Gasteiger partial charge in [-0.15, -0.1) is 11.8 Å². The number of nitrogens with zero attached hydrogens (tertiary/aromatic N) is 2. The van der Waals surface area contributed by atoms with Crippen LogP contribution in [0.25, 0.3) is 0 Å². The molecule has 0 radical (unpaired) electrons. The number of carbonyl (C=O) groups excluding carboxylic acids is 2. The van der Waals surface area contributed by atoms with E-state index in [9.17, 15) is 9.59 Å². The fourth-order valence-electron chi connectivity index (χ4n) is 2.85. The maximum Gasteiger partial charge on any atom is 0.410 e. The van der Waals surface area contributed by atoms with Gasteiger partial charge in [-0.2, -0.15) is 0 Å². The Morgan fingerprint density at radius 2 is 2.09 bits per heavy atom. The molecule has 0 aliphatic carbocycles. The van der Waals surface area contributed by atoms with Crippen LogP contribution in [-0.2, 0) is 9.53 Å². The zero-order chi connectivity index (χ0) is 16.4. The molecule has 7 heteroatoms. The third kappa shape index (κ3) is 3.39. The lowest BCUT2D eigenvalue weighted by Gasteiger charge is -2.36. The number of cyclic esters (lactones) is 1. The molecule has 2 amide bonds. The highest BCUT2D eigenvalue weighted by molar-refractivity contribution is 8.00. The maximum absolute atomic E-state index is 12.6. The monoisotopic (exact) mass is 336 g/mol. The van der Waals surface area contributed by atoms with Crippen LogP contribution in [0.1, 0.15) is 6.92 Å². The van der Waals surface area contributed by atoms with E-state index in [1.54, 1.807) is 12.0 Å². The first-order valence-electron chi connectivity index (χ1n) is 7.61. The molecule has 23 heavy (non-hydrogen) atoms. The number of benzene rings is 1. The number of hydrogen-bond acceptors (Lipinski definition) is 5. The van der Waals surface area contributed by atoms with E-state index in [1.165, 1.54) is 11.8 Å². The van der Waals surface area contributed by atoms with Crippen molar-refractivity contribution in [2.75, 3.05) is 33.4 Å². The number of thioether (sulfide) groups is 1. The van der Waals surface area contributed by atoms with Crippen molar-refractivity contribution in [3.05, 3.63) is 24.3 Å². The molecule has 0 bridgehead atoms. The van der Waals surface area contributed by atoms with Crippen molar-refractivity contribution >= 4 is 23.8 Å². The van der Waals surface area contributed by atoms with Gasteiger partial charge in [-0.3, -0.25) is 9.69 Å². The fourth-order valence-corrected chi connectivity index (χ4v) is 3.81. The van der Waals surface area contributed by atoms with Crippen LogP contribution in [0.3, 0.4) is 0 Å².